The Morgan fingerprint density at radius 3 is 2.30 bits per heavy atom. The predicted octanol–water partition coefficient (Wildman–Crippen LogP) is -0.944. The van der Waals surface area contributed by atoms with E-state index >= 15 is 0 Å². The van der Waals surface area contributed by atoms with Crippen LogP contribution in [0, 0.1) is 5.82 Å². The summed E-state index contributed by atoms with van der Waals surface area (Å²) < 4.78 is 14.0. The van der Waals surface area contributed by atoms with Gasteiger partial charge in [-0.2, -0.15) is 0 Å². The van der Waals surface area contributed by atoms with Gasteiger partial charge in [0, 0.05) is 17.5 Å². The van der Waals surface area contributed by atoms with Crippen LogP contribution in [0.4, 0.5) is 4.39 Å². The average molecular weight is 282 g/mol. The first-order chi connectivity index (χ1) is 8.99. The summed E-state index contributed by atoms with van der Waals surface area (Å²) >= 11 is 0. The van der Waals surface area contributed by atoms with Gasteiger partial charge in [-0.1, -0.05) is 31.2 Å². The molecule has 98 valence electrons. The number of carboxylic acids is 1. The minimum atomic E-state index is -1.24. The Hall–Kier alpha value is -1.36. The quantitative estimate of drug-likeness (QED) is 0.739. The van der Waals surface area contributed by atoms with Crippen LogP contribution in [0.1, 0.15) is 18.4 Å². The first-order valence-electron chi connectivity index (χ1n) is 5.78. The summed E-state index contributed by atoms with van der Waals surface area (Å²) in [5.41, 5.74) is 1.33. The molecule has 3 nitrogen and oxygen atoms in total. The van der Waals surface area contributed by atoms with E-state index in [9.17, 15) is 19.4 Å². The molecule has 2 aromatic rings. The van der Waals surface area contributed by atoms with Gasteiger partial charge in [-0.25, -0.2) is 4.39 Å². The summed E-state index contributed by atoms with van der Waals surface area (Å²) in [6.45, 7) is 1.45. The molecular formula is C15H12FNaO3. The number of carboxylic acid groups (broad SMARTS) is 1. The number of halogens is 1. The number of benzene rings is 2. The van der Waals surface area contributed by atoms with E-state index in [1.54, 1.807) is 18.2 Å². The molecule has 1 atom stereocenters. The van der Waals surface area contributed by atoms with Gasteiger partial charge in [0.2, 0.25) is 0 Å². The van der Waals surface area contributed by atoms with Gasteiger partial charge in [0.15, 0.2) is 0 Å². The van der Waals surface area contributed by atoms with E-state index in [2.05, 4.69) is 0 Å². The van der Waals surface area contributed by atoms with Crippen molar-refractivity contribution in [1.82, 2.24) is 0 Å². The summed E-state index contributed by atoms with van der Waals surface area (Å²) in [7, 11) is 0. The zero-order valence-corrected chi connectivity index (χ0v) is 13.3. The Morgan fingerprint density at radius 2 is 1.80 bits per heavy atom. The Labute approximate surface area is 138 Å². The summed E-state index contributed by atoms with van der Waals surface area (Å²) in [5, 5.41) is 19.9. The van der Waals surface area contributed by atoms with Crippen LogP contribution in [0.5, 0.6) is 5.75 Å². The molecule has 2 rings (SSSR count). The maximum atomic E-state index is 14.0. The molecule has 0 aliphatic carbocycles. The van der Waals surface area contributed by atoms with Crippen molar-refractivity contribution in [3.8, 4) is 16.9 Å². The summed E-state index contributed by atoms with van der Waals surface area (Å²) in [6, 6.07) is 10.4. The number of phenols is 1. The van der Waals surface area contributed by atoms with Crippen molar-refractivity contribution in [3.05, 3.63) is 53.8 Å². The van der Waals surface area contributed by atoms with Crippen molar-refractivity contribution in [2.45, 2.75) is 12.8 Å². The van der Waals surface area contributed by atoms with Crippen molar-refractivity contribution in [2.75, 3.05) is 0 Å². The standard InChI is InChI=1S/C15H13FO3.Na/c1-9(15(18)19)11-4-7-13(14(16)8-11)10-2-5-12(17)6-3-10;/h2-9,17H,1H3,(H,18,19);/q;+1/p-1. The molecule has 0 aliphatic rings. The van der Waals surface area contributed by atoms with E-state index in [0.29, 0.717) is 16.7 Å². The smallest absolute Gasteiger partial charge is 0.550 e. The first-order valence-corrected chi connectivity index (χ1v) is 5.78. The van der Waals surface area contributed by atoms with Crippen molar-refractivity contribution in [3.63, 3.8) is 0 Å². The normalized spacial score (nSPS) is 11.5. The van der Waals surface area contributed by atoms with Gasteiger partial charge in [-0.05, 0) is 29.3 Å². The van der Waals surface area contributed by atoms with Gasteiger partial charge >= 0.3 is 29.6 Å². The third-order valence-electron chi connectivity index (χ3n) is 3.03. The molecular weight excluding hydrogens is 270 g/mol. The first kappa shape index (κ1) is 16.7. The molecule has 0 fully saturated rings. The molecule has 0 heterocycles. The minimum absolute atomic E-state index is 0. The topological polar surface area (TPSA) is 60.4 Å². The van der Waals surface area contributed by atoms with Crippen molar-refractivity contribution in [2.24, 2.45) is 0 Å². The molecule has 1 N–H and O–H groups in total. The number of hydrogen-bond donors (Lipinski definition) is 1. The maximum Gasteiger partial charge on any atom is 1.00 e. The van der Waals surface area contributed by atoms with E-state index in [1.807, 2.05) is 0 Å². The fraction of sp³-hybridized carbons (Fsp3) is 0.133. The van der Waals surface area contributed by atoms with Crippen LogP contribution in [0.3, 0.4) is 0 Å². The van der Waals surface area contributed by atoms with Gasteiger partial charge in [0.25, 0.3) is 0 Å². The van der Waals surface area contributed by atoms with Gasteiger partial charge in [0.05, 0.1) is 0 Å². The van der Waals surface area contributed by atoms with Crippen LogP contribution in [-0.4, -0.2) is 11.1 Å². The summed E-state index contributed by atoms with van der Waals surface area (Å²) in [6.07, 6.45) is 0. The number of aromatic hydroxyl groups is 1. The SMILES string of the molecule is CC(C(=O)[O-])c1ccc(-c2ccc(O)cc2)c(F)c1.[Na+]. The van der Waals surface area contributed by atoms with Crippen LogP contribution >= 0.6 is 0 Å². The third-order valence-corrected chi connectivity index (χ3v) is 3.03. The fourth-order valence-corrected chi connectivity index (χ4v) is 1.81. The maximum absolute atomic E-state index is 14.0. The molecule has 0 saturated heterocycles. The number of carbonyl (C=O) groups excluding carboxylic acids is 1. The molecule has 0 spiro atoms. The van der Waals surface area contributed by atoms with Crippen molar-refractivity contribution < 1.29 is 49.0 Å². The van der Waals surface area contributed by atoms with Crippen LogP contribution in [0.25, 0.3) is 11.1 Å². The van der Waals surface area contributed by atoms with Crippen LogP contribution in [-0.2, 0) is 4.79 Å². The Morgan fingerprint density at radius 1 is 1.20 bits per heavy atom. The molecule has 2 aromatic carbocycles. The molecule has 5 heteroatoms. The Balaban J connectivity index is 0.00000200. The van der Waals surface area contributed by atoms with Crippen molar-refractivity contribution in [1.29, 1.82) is 0 Å². The Bertz CT molecular complexity index is 611. The second kappa shape index (κ2) is 6.88. The zero-order valence-electron chi connectivity index (χ0n) is 11.3. The van der Waals surface area contributed by atoms with Gasteiger partial charge in [-0.15, -0.1) is 0 Å². The van der Waals surface area contributed by atoms with E-state index in [-0.39, 0.29) is 35.3 Å². The number of hydrogen-bond acceptors (Lipinski definition) is 3. The van der Waals surface area contributed by atoms with E-state index in [4.69, 9.17) is 0 Å². The zero-order chi connectivity index (χ0) is 14.0. The molecule has 0 bridgehead atoms. The van der Waals surface area contributed by atoms with Gasteiger partial charge in [0.1, 0.15) is 11.6 Å². The van der Waals surface area contributed by atoms with Crippen LogP contribution in [0.2, 0.25) is 0 Å². The van der Waals surface area contributed by atoms with E-state index in [1.165, 1.54) is 31.2 Å². The van der Waals surface area contributed by atoms with Crippen LogP contribution in [0.15, 0.2) is 42.5 Å². The third kappa shape index (κ3) is 3.60. The number of carbonyl (C=O) groups is 1. The molecule has 1 unspecified atom stereocenters. The number of phenolic OH excluding ortho intramolecular Hbond substituents is 1. The van der Waals surface area contributed by atoms with Gasteiger partial charge < -0.3 is 15.0 Å². The molecule has 0 saturated carbocycles. The largest absolute Gasteiger partial charge is 1.00 e. The molecule has 0 aliphatic heterocycles. The average Bonchev–Trinajstić information content (AvgIpc) is 2.39. The van der Waals surface area contributed by atoms with Gasteiger partial charge in [-0.3, -0.25) is 0 Å². The predicted molar refractivity (Wildman–Crippen MR) is 66.9 cm³/mol. The second-order valence-electron chi connectivity index (χ2n) is 4.33. The number of aliphatic carboxylic acids is 1. The summed E-state index contributed by atoms with van der Waals surface area (Å²) in [5.74, 6) is -2.50. The van der Waals surface area contributed by atoms with Crippen LogP contribution < -0.4 is 34.7 Å². The Kier molecular flexibility index (Phi) is 5.74. The second-order valence-corrected chi connectivity index (χ2v) is 4.33. The molecule has 0 aromatic heterocycles. The monoisotopic (exact) mass is 282 g/mol. The molecule has 20 heavy (non-hydrogen) atoms. The number of rotatable bonds is 3. The minimum Gasteiger partial charge on any atom is -0.550 e. The molecule has 0 amide bonds. The fourth-order valence-electron chi connectivity index (χ4n) is 1.81. The van der Waals surface area contributed by atoms with E-state index in [0.717, 1.165) is 0 Å². The van der Waals surface area contributed by atoms with Crippen molar-refractivity contribution >= 4 is 5.97 Å². The summed E-state index contributed by atoms with van der Waals surface area (Å²) in [4.78, 5) is 10.7. The molecule has 0 radical (unpaired) electrons. The van der Waals surface area contributed by atoms with E-state index < -0.39 is 17.7 Å².